The maximum atomic E-state index is 13.5. The van der Waals surface area contributed by atoms with E-state index in [1.807, 2.05) is 42.5 Å². The summed E-state index contributed by atoms with van der Waals surface area (Å²) in [6.07, 6.45) is 1.71. The highest BCUT2D eigenvalue weighted by Gasteiger charge is 2.25. The van der Waals surface area contributed by atoms with Crippen molar-refractivity contribution in [3.05, 3.63) is 82.4 Å². The zero-order chi connectivity index (χ0) is 22.7. The maximum Gasteiger partial charge on any atom is 0.210 e. The van der Waals surface area contributed by atoms with E-state index in [1.165, 1.54) is 7.11 Å². The van der Waals surface area contributed by atoms with Crippen molar-refractivity contribution in [3.8, 4) is 5.75 Å². The van der Waals surface area contributed by atoms with E-state index in [-0.39, 0.29) is 22.2 Å². The van der Waals surface area contributed by atoms with Crippen LogP contribution in [0.5, 0.6) is 5.75 Å². The van der Waals surface area contributed by atoms with E-state index >= 15 is 0 Å². The van der Waals surface area contributed by atoms with E-state index in [0.29, 0.717) is 17.3 Å². The third-order valence-electron chi connectivity index (χ3n) is 5.88. The normalized spacial score (nSPS) is 14.0. The topological polar surface area (TPSA) is 58.6 Å². The molecule has 0 amide bonds. The highest BCUT2D eigenvalue weighted by atomic mass is 35.5. The number of hydrogen-bond donors (Lipinski definition) is 1. The zero-order valence-corrected chi connectivity index (χ0v) is 21.1. The molecule has 0 aliphatic carbocycles. The Labute approximate surface area is 207 Å². The Balaban J connectivity index is 0.00000306. The zero-order valence-electron chi connectivity index (χ0n) is 18.7. The predicted molar refractivity (Wildman–Crippen MR) is 136 cm³/mol. The van der Waals surface area contributed by atoms with Crippen LogP contribution in [-0.2, 0) is 29.2 Å². The summed E-state index contributed by atoms with van der Waals surface area (Å²) in [5.74, 6) is 0.404. The average molecular weight is 507 g/mol. The van der Waals surface area contributed by atoms with E-state index in [0.717, 1.165) is 48.3 Å². The molecule has 1 aliphatic rings. The highest BCUT2D eigenvalue weighted by Crippen LogP contribution is 2.33. The summed E-state index contributed by atoms with van der Waals surface area (Å²) in [4.78, 5) is 2.75. The molecule has 8 heteroatoms. The van der Waals surface area contributed by atoms with Gasteiger partial charge in [0.1, 0.15) is 10.6 Å². The van der Waals surface area contributed by atoms with E-state index < -0.39 is 9.84 Å². The van der Waals surface area contributed by atoms with Gasteiger partial charge in [-0.15, -0.1) is 12.4 Å². The van der Waals surface area contributed by atoms with Gasteiger partial charge in [0.15, 0.2) is 0 Å². The van der Waals surface area contributed by atoms with Crippen LogP contribution in [-0.4, -0.2) is 40.6 Å². The molecule has 1 heterocycles. The van der Waals surface area contributed by atoms with Gasteiger partial charge in [0.25, 0.3) is 0 Å². The van der Waals surface area contributed by atoms with Crippen LogP contribution in [0.1, 0.15) is 16.7 Å². The number of nitrogens with one attached hydrogen (secondary N) is 1. The average Bonchev–Trinajstić information content (AvgIpc) is 2.99. The second kappa shape index (κ2) is 10.8. The van der Waals surface area contributed by atoms with Gasteiger partial charge in [0, 0.05) is 30.3 Å². The molecule has 0 saturated carbocycles. The first-order valence-electron chi connectivity index (χ1n) is 10.6. The number of anilines is 1. The van der Waals surface area contributed by atoms with Crippen LogP contribution in [0.4, 0.5) is 5.69 Å². The molecule has 33 heavy (non-hydrogen) atoms. The molecular weight excluding hydrogens is 479 g/mol. The van der Waals surface area contributed by atoms with Crippen molar-refractivity contribution in [1.82, 2.24) is 4.90 Å². The molecule has 0 atom stereocenters. The number of rotatable bonds is 6. The van der Waals surface area contributed by atoms with Gasteiger partial charge < -0.3 is 15.0 Å². The number of benzene rings is 3. The third-order valence-corrected chi connectivity index (χ3v) is 7.92. The van der Waals surface area contributed by atoms with Crippen molar-refractivity contribution >= 4 is 39.5 Å². The van der Waals surface area contributed by atoms with Crippen LogP contribution < -0.4 is 10.1 Å². The molecule has 0 radical (unpaired) electrons. The number of nitrogens with zero attached hydrogens (tertiary/aromatic N) is 1. The van der Waals surface area contributed by atoms with Crippen LogP contribution in [0, 0.1) is 0 Å². The van der Waals surface area contributed by atoms with Crippen LogP contribution in [0.3, 0.4) is 0 Å². The standard InChI is InChI=1S/C25H27ClN2O3S.ClH/c1-28-13-11-19-15-24(31-2)25(16-20(19)12-14-28)32(29,30)23-9-3-18(4-10-23)17-27-22-7-5-21(26)6-8-22;/h3-10,15-16,27H,11-14,17H2,1-2H3;1H. The fourth-order valence-corrected chi connectivity index (χ4v) is 5.48. The van der Waals surface area contributed by atoms with Crippen LogP contribution in [0.2, 0.25) is 5.02 Å². The van der Waals surface area contributed by atoms with Crippen LogP contribution in [0.15, 0.2) is 70.5 Å². The fraction of sp³-hybridized carbons (Fsp3) is 0.280. The Morgan fingerprint density at radius 2 is 1.58 bits per heavy atom. The van der Waals surface area contributed by atoms with Gasteiger partial charge in [-0.25, -0.2) is 8.42 Å². The third kappa shape index (κ3) is 5.82. The molecule has 0 bridgehead atoms. The number of sulfone groups is 1. The van der Waals surface area contributed by atoms with Crippen LogP contribution >= 0.6 is 24.0 Å². The molecule has 1 N–H and O–H groups in total. The number of halogens is 2. The summed E-state index contributed by atoms with van der Waals surface area (Å²) < 4.78 is 32.4. The van der Waals surface area contributed by atoms with Crippen molar-refractivity contribution < 1.29 is 13.2 Å². The van der Waals surface area contributed by atoms with Crippen molar-refractivity contribution in [2.45, 2.75) is 29.2 Å². The minimum Gasteiger partial charge on any atom is -0.495 e. The van der Waals surface area contributed by atoms with E-state index in [9.17, 15) is 8.42 Å². The molecule has 3 aromatic rings. The molecule has 0 spiro atoms. The molecular formula is C25H28Cl2N2O3S. The lowest BCUT2D eigenvalue weighted by molar-refractivity contribution is 0.352. The predicted octanol–water partition coefficient (Wildman–Crippen LogP) is 5.25. The van der Waals surface area contributed by atoms with E-state index in [4.69, 9.17) is 16.3 Å². The van der Waals surface area contributed by atoms with Crippen molar-refractivity contribution in [3.63, 3.8) is 0 Å². The second-order valence-electron chi connectivity index (χ2n) is 8.08. The summed E-state index contributed by atoms with van der Waals surface area (Å²) in [6, 6.07) is 18.1. The summed E-state index contributed by atoms with van der Waals surface area (Å²) in [5.41, 5.74) is 4.17. The van der Waals surface area contributed by atoms with E-state index in [1.54, 1.807) is 18.2 Å². The minimum atomic E-state index is -3.70. The number of fused-ring (bicyclic) bond motifs is 1. The number of likely N-dealkylation sites (N-methyl/N-ethyl adjacent to an activating group) is 1. The summed E-state index contributed by atoms with van der Waals surface area (Å²) in [7, 11) is -0.0926. The van der Waals surface area contributed by atoms with Gasteiger partial charge in [-0.3, -0.25) is 0 Å². The Morgan fingerprint density at radius 3 is 2.18 bits per heavy atom. The smallest absolute Gasteiger partial charge is 0.210 e. The van der Waals surface area contributed by atoms with Crippen molar-refractivity contribution in [1.29, 1.82) is 0 Å². The van der Waals surface area contributed by atoms with E-state index in [2.05, 4.69) is 17.3 Å². The van der Waals surface area contributed by atoms with Crippen LogP contribution in [0.25, 0.3) is 0 Å². The Bertz CT molecular complexity index is 1200. The van der Waals surface area contributed by atoms with Gasteiger partial charge in [0.2, 0.25) is 9.84 Å². The summed E-state index contributed by atoms with van der Waals surface area (Å²) >= 11 is 5.92. The summed E-state index contributed by atoms with van der Waals surface area (Å²) in [5, 5.41) is 3.99. The van der Waals surface area contributed by atoms with Gasteiger partial charge in [-0.2, -0.15) is 0 Å². The Hall–Kier alpha value is -2.25. The molecule has 4 rings (SSSR count). The minimum absolute atomic E-state index is 0. The first-order chi connectivity index (χ1) is 15.4. The second-order valence-corrected chi connectivity index (χ2v) is 10.4. The largest absolute Gasteiger partial charge is 0.495 e. The Kier molecular flexibility index (Phi) is 8.29. The Morgan fingerprint density at radius 1 is 0.970 bits per heavy atom. The molecule has 1 aliphatic heterocycles. The lowest BCUT2D eigenvalue weighted by atomic mass is 10.0. The lowest BCUT2D eigenvalue weighted by Gasteiger charge is -2.15. The number of hydrogen-bond acceptors (Lipinski definition) is 5. The molecule has 0 aromatic heterocycles. The first kappa shape index (κ1) is 25.4. The molecule has 0 saturated heterocycles. The molecule has 0 fully saturated rings. The maximum absolute atomic E-state index is 13.5. The van der Waals surface area contributed by atoms with Crippen molar-refractivity contribution in [2.75, 3.05) is 32.6 Å². The quantitative estimate of drug-likeness (QED) is 0.494. The number of methoxy groups -OCH3 is 1. The molecule has 176 valence electrons. The summed E-state index contributed by atoms with van der Waals surface area (Å²) in [6.45, 7) is 2.44. The van der Waals surface area contributed by atoms with Gasteiger partial charge in [-0.1, -0.05) is 23.7 Å². The SMILES string of the molecule is COc1cc2c(cc1S(=O)(=O)c1ccc(CNc3ccc(Cl)cc3)cc1)CCN(C)CC2.Cl. The number of ether oxygens (including phenoxy) is 1. The first-order valence-corrected chi connectivity index (χ1v) is 12.4. The van der Waals surface area contributed by atoms with Gasteiger partial charge in [0.05, 0.1) is 12.0 Å². The van der Waals surface area contributed by atoms with Gasteiger partial charge >= 0.3 is 0 Å². The lowest BCUT2D eigenvalue weighted by Crippen LogP contribution is -2.20. The molecule has 3 aromatic carbocycles. The molecule has 0 unspecified atom stereocenters. The fourth-order valence-electron chi connectivity index (χ4n) is 3.90. The van der Waals surface area contributed by atoms with Gasteiger partial charge in [-0.05, 0) is 85.1 Å². The molecule has 5 nitrogen and oxygen atoms in total. The van der Waals surface area contributed by atoms with Crippen molar-refractivity contribution in [2.24, 2.45) is 0 Å². The monoisotopic (exact) mass is 506 g/mol. The highest BCUT2D eigenvalue weighted by molar-refractivity contribution is 7.91.